The van der Waals surface area contributed by atoms with Crippen molar-refractivity contribution in [1.82, 2.24) is 4.90 Å². The van der Waals surface area contributed by atoms with Crippen molar-refractivity contribution in [3.05, 3.63) is 29.8 Å². The van der Waals surface area contributed by atoms with Crippen molar-refractivity contribution >= 4 is 34.5 Å². The minimum Gasteiger partial charge on any atom is -0.325 e. The Labute approximate surface area is 139 Å². The predicted molar refractivity (Wildman–Crippen MR) is 90.9 cm³/mol. The van der Waals surface area contributed by atoms with E-state index in [9.17, 15) is 14.4 Å². The molecule has 6 nitrogen and oxygen atoms in total. The van der Waals surface area contributed by atoms with Crippen LogP contribution in [0.2, 0.25) is 0 Å². The van der Waals surface area contributed by atoms with Gasteiger partial charge in [-0.1, -0.05) is 44.2 Å². The third-order valence-corrected chi connectivity index (χ3v) is 4.82. The number of imide groups is 1. The summed E-state index contributed by atoms with van der Waals surface area (Å²) in [5, 5.41) is 2.56. The molecule has 1 heterocycles. The summed E-state index contributed by atoms with van der Waals surface area (Å²) < 4.78 is 0. The highest BCUT2D eigenvalue weighted by molar-refractivity contribution is 8.14. The highest BCUT2D eigenvalue weighted by Gasteiger charge is 2.29. The van der Waals surface area contributed by atoms with Crippen LogP contribution in [0.3, 0.4) is 0 Å². The highest BCUT2D eigenvalue weighted by atomic mass is 32.2. The van der Waals surface area contributed by atoms with Gasteiger partial charge in [0.15, 0.2) is 0 Å². The molecule has 3 N–H and O–H groups in total. The average Bonchev–Trinajstić information content (AvgIpc) is 2.87. The molecule has 1 aliphatic rings. The Morgan fingerprint density at radius 2 is 2.00 bits per heavy atom. The van der Waals surface area contributed by atoms with Gasteiger partial charge in [-0.05, 0) is 23.6 Å². The van der Waals surface area contributed by atoms with Crippen molar-refractivity contribution in [1.29, 1.82) is 0 Å². The third kappa shape index (κ3) is 4.33. The first kappa shape index (κ1) is 17.5. The van der Waals surface area contributed by atoms with Crippen LogP contribution < -0.4 is 11.1 Å². The Kier molecular flexibility index (Phi) is 5.79. The van der Waals surface area contributed by atoms with E-state index in [0.717, 1.165) is 23.7 Å². The number of nitrogens with zero attached hydrogens (tertiary/aromatic N) is 1. The zero-order valence-electron chi connectivity index (χ0n) is 13.2. The molecule has 1 aromatic rings. The minimum atomic E-state index is -0.545. The number of hydrogen-bond acceptors (Lipinski definition) is 5. The monoisotopic (exact) mass is 335 g/mol. The molecule has 1 saturated heterocycles. The predicted octanol–water partition coefficient (Wildman–Crippen LogP) is 2.19. The zero-order valence-corrected chi connectivity index (χ0v) is 14.1. The molecule has 1 aliphatic heterocycles. The fraction of sp³-hybridized carbons (Fsp3) is 0.438. The first-order valence-corrected chi connectivity index (χ1v) is 8.53. The highest BCUT2D eigenvalue weighted by Crippen LogP contribution is 2.22. The normalized spacial score (nSPS) is 17.3. The summed E-state index contributed by atoms with van der Waals surface area (Å²) in [6, 6.07) is 6.52. The summed E-state index contributed by atoms with van der Waals surface area (Å²) in [6.45, 7) is 4.19. The molecule has 0 aromatic heterocycles. The second-order valence-electron chi connectivity index (χ2n) is 5.63. The van der Waals surface area contributed by atoms with Crippen LogP contribution >= 0.6 is 11.8 Å². The van der Waals surface area contributed by atoms with E-state index in [-0.39, 0.29) is 35.3 Å². The van der Waals surface area contributed by atoms with E-state index in [1.54, 1.807) is 24.3 Å². The molecule has 124 valence electrons. The Balaban J connectivity index is 1.96. The summed E-state index contributed by atoms with van der Waals surface area (Å²) in [5.41, 5.74) is 7.37. The Bertz CT molecular complexity index is 587. The molecule has 0 saturated carbocycles. The molecular weight excluding hydrogens is 314 g/mol. The number of carbonyl (C=O) groups excluding carboxylic acids is 3. The maximum Gasteiger partial charge on any atom is 0.289 e. The second kappa shape index (κ2) is 7.61. The molecule has 0 bridgehead atoms. The van der Waals surface area contributed by atoms with Crippen LogP contribution in [0.5, 0.6) is 0 Å². The SMILES string of the molecule is CCC(C)C(N)C(=O)Nc1ccc(CN2C(=O)CSC2=O)cc1. The van der Waals surface area contributed by atoms with E-state index in [2.05, 4.69) is 5.32 Å². The van der Waals surface area contributed by atoms with Gasteiger partial charge in [0.2, 0.25) is 11.8 Å². The van der Waals surface area contributed by atoms with E-state index in [0.29, 0.717) is 5.69 Å². The van der Waals surface area contributed by atoms with Crippen LogP contribution in [0.25, 0.3) is 0 Å². The zero-order chi connectivity index (χ0) is 17.0. The van der Waals surface area contributed by atoms with Crippen LogP contribution in [0.1, 0.15) is 25.8 Å². The number of rotatable bonds is 6. The molecule has 2 atom stereocenters. The molecule has 0 radical (unpaired) electrons. The summed E-state index contributed by atoms with van der Waals surface area (Å²) in [4.78, 5) is 36.4. The van der Waals surface area contributed by atoms with Crippen LogP contribution in [0.4, 0.5) is 10.5 Å². The number of amides is 3. The Morgan fingerprint density at radius 1 is 1.35 bits per heavy atom. The Hall–Kier alpha value is -1.86. The lowest BCUT2D eigenvalue weighted by atomic mass is 9.99. The van der Waals surface area contributed by atoms with Gasteiger partial charge in [0.05, 0.1) is 18.3 Å². The summed E-state index contributed by atoms with van der Waals surface area (Å²) in [5.74, 6) is -0.0650. The van der Waals surface area contributed by atoms with E-state index in [1.807, 2.05) is 13.8 Å². The molecule has 1 aromatic carbocycles. The van der Waals surface area contributed by atoms with Crippen molar-refractivity contribution in [2.45, 2.75) is 32.9 Å². The van der Waals surface area contributed by atoms with Gasteiger partial charge in [-0.25, -0.2) is 0 Å². The Morgan fingerprint density at radius 3 is 2.52 bits per heavy atom. The van der Waals surface area contributed by atoms with E-state index < -0.39 is 6.04 Å². The molecule has 7 heteroatoms. The van der Waals surface area contributed by atoms with Crippen LogP contribution in [0, 0.1) is 5.92 Å². The quantitative estimate of drug-likeness (QED) is 0.831. The lowest BCUT2D eigenvalue weighted by molar-refractivity contribution is -0.125. The van der Waals surface area contributed by atoms with Gasteiger partial charge < -0.3 is 11.1 Å². The number of thioether (sulfide) groups is 1. The van der Waals surface area contributed by atoms with E-state index in [4.69, 9.17) is 5.73 Å². The lowest BCUT2D eigenvalue weighted by Crippen LogP contribution is -2.40. The van der Waals surface area contributed by atoms with Gasteiger partial charge in [-0.2, -0.15) is 0 Å². The maximum absolute atomic E-state index is 12.0. The second-order valence-corrected chi connectivity index (χ2v) is 6.56. The molecule has 0 spiro atoms. The smallest absolute Gasteiger partial charge is 0.289 e. The van der Waals surface area contributed by atoms with E-state index >= 15 is 0 Å². The summed E-state index contributed by atoms with van der Waals surface area (Å²) >= 11 is 1.02. The number of carbonyl (C=O) groups is 3. The van der Waals surface area contributed by atoms with Crippen LogP contribution in [-0.4, -0.2) is 33.7 Å². The van der Waals surface area contributed by atoms with Gasteiger partial charge in [0.1, 0.15) is 0 Å². The standard InChI is InChI=1S/C16H21N3O3S/c1-3-10(2)14(17)15(21)18-12-6-4-11(5-7-12)8-19-13(20)9-23-16(19)22/h4-7,10,14H,3,8-9,17H2,1-2H3,(H,18,21). The first-order chi connectivity index (χ1) is 10.9. The number of nitrogens with two attached hydrogens (primary N) is 1. The molecule has 1 fully saturated rings. The lowest BCUT2D eigenvalue weighted by Gasteiger charge is -2.18. The van der Waals surface area contributed by atoms with Crippen molar-refractivity contribution in [3.63, 3.8) is 0 Å². The van der Waals surface area contributed by atoms with E-state index in [1.165, 1.54) is 4.90 Å². The number of anilines is 1. The fourth-order valence-electron chi connectivity index (χ4n) is 2.15. The first-order valence-electron chi connectivity index (χ1n) is 7.55. The van der Waals surface area contributed by atoms with Crippen molar-refractivity contribution in [2.24, 2.45) is 11.7 Å². The van der Waals surface area contributed by atoms with Crippen molar-refractivity contribution in [2.75, 3.05) is 11.1 Å². The van der Waals surface area contributed by atoms with Gasteiger partial charge in [-0.3, -0.25) is 19.3 Å². The molecule has 2 rings (SSSR count). The molecular formula is C16H21N3O3S. The van der Waals surface area contributed by atoms with Gasteiger partial charge in [-0.15, -0.1) is 0 Å². The number of nitrogens with one attached hydrogen (secondary N) is 1. The third-order valence-electron chi connectivity index (χ3n) is 3.96. The van der Waals surface area contributed by atoms with Crippen LogP contribution in [0.15, 0.2) is 24.3 Å². The average molecular weight is 335 g/mol. The number of benzene rings is 1. The van der Waals surface area contributed by atoms with Gasteiger partial charge >= 0.3 is 0 Å². The van der Waals surface area contributed by atoms with Gasteiger partial charge in [0, 0.05) is 5.69 Å². The fourth-order valence-corrected chi connectivity index (χ4v) is 2.87. The topological polar surface area (TPSA) is 92.5 Å². The van der Waals surface area contributed by atoms with Gasteiger partial charge in [0.25, 0.3) is 5.24 Å². The molecule has 23 heavy (non-hydrogen) atoms. The maximum atomic E-state index is 12.0. The minimum absolute atomic E-state index is 0.110. The molecule has 0 aliphatic carbocycles. The largest absolute Gasteiger partial charge is 0.325 e. The summed E-state index contributed by atoms with van der Waals surface area (Å²) in [6.07, 6.45) is 0.837. The molecule has 2 unspecified atom stereocenters. The summed E-state index contributed by atoms with van der Waals surface area (Å²) in [7, 11) is 0. The van der Waals surface area contributed by atoms with Crippen LogP contribution in [-0.2, 0) is 16.1 Å². The number of hydrogen-bond donors (Lipinski definition) is 2. The molecule has 3 amide bonds. The van der Waals surface area contributed by atoms with Crippen molar-refractivity contribution < 1.29 is 14.4 Å². The van der Waals surface area contributed by atoms with Crippen molar-refractivity contribution in [3.8, 4) is 0 Å².